The largest absolute Gasteiger partial charge is 0.496 e. The van der Waals surface area contributed by atoms with E-state index < -0.39 is 0 Å². The van der Waals surface area contributed by atoms with Gasteiger partial charge in [-0.2, -0.15) is 5.10 Å². The molecule has 1 aromatic heterocycles. The van der Waals surface area contributed by atoms with Gasteiger partial charge >= 0.3 is 0 Å². The lowest BCUT2D eigenvalue weighted by Gasteiger charge is -2.22. The minimum absolute atomic E-state index is 0.0384. The van der Waals surface area contributed by atoms with Crippen LogP contribution in [0.4, 0.5) is 0 Å². The molecule has 0 bridgehead atoms. The monoisotopic (exact) mass is 275 g/mol. The van der Waals surface area contributed by atoms with Crippen molar-refractivity contribution in [2.45, 2.75) is 19.5 Å². The molecule has 0 radical (unpaired) electrons. The summed E-state index contributed by atoms with van der Waals surface area (Å²) in [6.45, 7) is 2.89. The van der Waals surface area contributed by atoms with Gasteiger partial charge in [-0.3, -0.25) is 4.68 Å². The van der Waals surface area contributed by atoms with Gasteiger partial charge in [0.1, 0.15) is 11.5 Å². The molecule has 1 N–H and O–H groups in total. The first-order chi connectivity index (χ1) is 9.76. The van der Waals surface area contributed by atoms with Gasteiger partial charge in [-0.15, -0.1) is 0 Å². The number of benzene rings is 1. The third kappa shape index (κ3) is 2.49. The maximum absolute atomic E-state index is 5.49. The van der Waals surface area contributed by atoms with Crippen molar-refractivity contribution in [2.24, 2.45) is 0 Å². The highest BCUT2D eigenvalue weighted by molar-refractivity contribution is 5.49. The third-order valence-corrected chi connectivity index (χ3v) is 3.39. The molecule has 5 nitrogen and oxygen atoms in total. The molecule has 0 fully saturated rings. The van der Waals surface area contributed by atoms with Crippen LogP contribution < -0.4 is 14.8 Å². The van der Waals surface area contributed by atoms with Crippen LogP contribution in [0, 0.1) is 0 Å². The van der Waals surface area contributed by atoms with Gasteiger partial charge < -0.3 is 14.8 Å². The van der Waals surface area contributed by atoms with Crippen LogP contribution in [0.15, 0.2) is 30.5 Å². The molecule has 0 aliphatic carbocycles. The second kappa shape index (κ2) is 6.43. The highest BCUT2D eigenvalue weighted by Crippen LogP contribution is 2.36. The number of methoxy groups -OCH3 is 2. The Hall–Kier alpha value is -2.01. The first-order valence-corrected chi connectivity index (χ1v) is 6.66. The summed E-state index contributed by atoms with van der Waals surface area (Å²) >= 11 is 0. The number of rotatable bonds is 6. The van der Waals surface area contributed by atoms with E-state index in [1.807, 2.05) is 42.2 Å². The molecular weight excluding hydrogens is 254 g/mol. The number of nitrogens with one attached hydrogen (secondary N) is 1. The van der Waals surface area contributed by atoms with Crippen molar-refractivity contribution in [2.75, 3.05) is 21.3 Å². The summed E-state index contributed by atoms with van der Waals surface area (Å²) in [5.41, 5.74) is 2.06. The van der Waals surface area contributed by atoms with Crippen LogP contribution in [-0.4, -0.2) is 31.0 Å². The zero-order valence-electron chi connectivity index (χ0n) is 12.4. The van der Waals surface area contributed by atoms with Crippen LogP contribution in [0.1, 0.15) is 24.2 Å². The minimum Gasteiger partial charge on any atom is -0.496 e. The van der Waals surface area contributed by atoms with Crippen molar-refractivity contribution in [3.8, 4) is 11.5 Å². The molecule has 5 heteroatoms. The first-order valence-electron chi connectivity index (χ1n) is 6.66. The number of aryl methyl sites for hydroxylation is 1. The van der Waals surface area contributed by atoms with E-state index in [9.17, 15) is 0 Å². The fourth-order valence-corrected chi connectivity index (χ4v) is 2.46. The lowest BCUT2D eigenvalue weighted by molar-refractivity contribution is 0.376. The minimum atomic E-state index is -0.0384. The molecule has 1 aromatic carbocycles. The Labute approximate surface area is 119 Å². The topological polar surface area (TPSA) is 48.3 Å². The first kappa shape index (κ1) is 14.4. The van der Waals surface area contributed by atoms with Crippen LogP contribution >= 0.6 is 0 Å². The van der Waals surface area contributed by atoms with Crippen LogP contribution in [0.5, 0.6) is 11.5 Å². The van der Waals surface area contributed by atoms with Gasteiger partial charge in [0.15, 0.2) is 0 Å². The molecule has 1 unspecified atom stereocenters. The van der Waals surface area contributed by atoms with Crippen LogP contribution in [0.3, 0.4) is 0 Å². The lowest BCUT2D eigenvalue weighted by atomic mass is 10.0. The molecule has 1 heterocycles. The molecule has 2 rings (SSSR count). The standard InChI is InChI=1S/C15H21N3O2/c1-5-18-11(9-10-17-18)15(16-2)14-12(19-3)7-6-8-13(14)20-4/h6-10,15-16H,5H2,1-4H3. The van der Waals surface area contributed by atoms with E-state index in [0.717, 1.165) is 29.3 Å². The maximum atomic E-state index is 5.49. The zero-order valence-corrected chi connectivity index (χ0v) is 12.4. The Kier molecular flexibility index (Phi) is 4.63. The van der Waals surface area contributed by atoms with E-state index in [4.69, 9.17) is 9.47 Å². The molecule has 0 saturated heterocycles. The normalized spacial score (nSPS) is 12.2. The molecule has 20 heavy (non-hydrogen) atoms. The van der Waals surface area contributed by atoms with E-state index >= 15 is 0 Å². The lowest BCUT2D eigenvalue weighted by Crippen LogP contribution is -2.22. The second-order valence-corrected chi connectivity index (χ2v) is 4.37. The third-order valence-electron chi connectivity index (χ3n) is 3.39. The average molecular weight is 275 g/mol. The summed E-state index contributed by atoms with van der Waals surface area (Å²) in [7, 11) is 5.26. The summed E-state index contributed by atoms with van der Waals surface area (Å²) in [5.74, 6) is 1.60. The molecule has 0 aliphatic heterocycles. The zero-order chi connectivity index (χ0) is 14.5. The predicted octanol–water partition coefficient (Wildman–Crippen LogP) is 2.23. The van der Waals surface area contributed by atoms with Gasteiger partial charge in [0.25, 0.3) is 0 Å². The number of nitrogens with zero attached hydrogens (tertiary/aromatic N) is 2. The predicted molar refractivity (Wildman–Crippen MR) is 78.3 cm³/mol. The highest BCUT2D eigenvalue weighted by Gasteiger charge is 2.23. The molecule has 108 valence electrons. The highest BCUT2D eigenvalue weighted by atomic mass is 16.5. The molecule has 2 aromatic rings. The number of hydrogen-bond acceptors (Lipinski definition) is 4. The smallest absolute Gasteiger partial charge is 0.127 e. The Morgan fingerprint density at radius 1 is 1.20 bits per heavy atom. The number of hydrogen-bond donors (Lipinski definition) is 1. The van der Waals surface area contributed by atoms with Gasteiger partial charge in [0.05, 0.1) is 31.5 Å². The number of ether oxygens (including phenoxy) is 2. The SMILES string of the molecule is CCn1nccc1C(NC)c1c(OC)cccc1OC. The second-order valence-electron chi connectivity index (χ2n) is 4.37. The fourth-order valence-electron chi connectivity index (χ4n) is 2.46. The average Bonchev–Trinajstić information content (AvgIpc) is 2.96. The summed E-state index contributed by atoms with van der Waals surface area (Å²) < 4.78 is 13.0. The molecule has 0 spiro atoms. The number of aromatic nitrogens is 2. The summed E-state index contributed by atoms with van der Waals surface area (Å²) in [6, 6.07) is 7.77. The van der Waals surface area contributed by atoms with Crippen LogP contribution in [-0.2, 0) is 6.54 Å². The van der Waals surface area contributed by atoms with Crippen LogP contribution in [0.25, 0.3) is 0 Å². The van der Waals surface area contributed by atoms with Gasteiger partial charge in [-0.05, 0) is 32.2 Å². The molecule has 0 aliphatic rings. The molecule has 0 saturated carbocycles. The quantitative estimate of drug-likeness (QED) is 0.878. The molecule has 1 atom stereocenters. The van der Waals surface area contributed by atoms with E-state index in [2.05, 4.69) is 17.3 Å². The van der Waals surface area contributed by atoms with Gasteiger partial charge in [-0.1, -0.05) is 6.07 Å². The fraction of sp³-hybridized carbons (Fsp3) is 0.400. The molecule has 0 amide bonds. The van der Waals surface area contributed by atoms with Gasteiger partial charge in [0, 0.05) is 12.7 Å². The van der Waals surface area contributed by atoms with E-state index in [1.165, 1.54) is 0 Å². The van der Waals surface area contributed by atoms with Gasteiger partial charge in [0.2, 0.25) is 0 Å². The summed E-state index contributed by atoms with van der Waals surface area (Å²) in [6.07, 6.45) is 1.81. The maximum Gasteiger partial charge on any atom is 0.127 e. The van der Waals surface area contributed by atoms with E-state index in [1.54, 1.807) is 14.2 Å². The van der Waals surface area contributed by atoms with Crippen molar-refractivity contribution in [1.82, 2.24) is 15.1 Å². The Morgan fingerprint density at radius 2 is 1.85 bits per heavy atom. The Bertz CT molecular complexity index is 544. The van der Waals surface area contributed by atoms with Crippen molar-refractivity contribution in [3.63, 3.8) is 0 Å². The summed E-state index contributed by atoms with van der Waals surface area (Å²) in [5, 5.41) is 7.66. The Morgan fingerprint density at radius 3 is 2.35 bits per heavy atom. The van der Waals surface area contributed by atoms with Gasteiger partial charge in [-0.25, -0.2) is 0 Å². The van der Waals surface area contributed by atoms with Crippen molar-refractivity contribution in [1.29, 1.82) is 0 Å². The summed E-state index contributed by atoms with van der Waals surface area (Å²) in [4.78, 5) is 0. The van der Waals surface area contributed by atoms with E-state index in [-0.39, 0.29) is 6.04 Å². The van der Waals surface area contributed by atoms with Crippen molar-refractivity contribution in [3.05, 3.63) is 41.7 Å². The Balaban J connectivity index is 2.57. The van der Waals surface area contributed by atoms with E-state index in [0.29, 0.717) is 0 Å². The molecular formula is C15H21N3O2. The van der Waals surface area contributed by atoms with Crippen LogP contribution in [0.2, 0.25) is 0 Å². The van der Waals surface area contributed by atoms with Crippen molar-refractivity contribution >= 4 is 0 Å². The van der Waals surface area contributed by atoms with Crippen molar-refractivity contribution < 1.29 is 9.47 Å².